The summed E-state index contributed by atoms with van der Waals surface area (Å²) in [6.07, 6.45) is 5.61. The third-order valence-corrected chi connectivity index (χ3v) is 4.42. The summed E-state index contributed by atoms with van der Waals surface area (Å²) in [6, 6.07) is 8.01. The first-order valence-electron chi connectivity index (χ1n) is 7.40. The second-order valence-corrected chi connectivity index (χ2v) is 6.24. The van der Waals surface area contributed by atoms with Crippen molar-refractivity contribution in [1.29, 1.82) is 0 Å². The summed E-state index contributed by atoms with van der Waals surface area (Å²) < 4.78 is 5.27. The molecule has 1 saturated carbocycles. The van der Waals surface area contributed by atoms with Crippen molar-refractivity contribution in [3.8, 4) is 5.75 Å². The van der Waals surface area contributed by atoms with E-state index in [1.807, 2.05) is 18.2 Å². The molecule has 0 amide bonds. The van der Waals surface area contributed by atoms with Gasteiger partial charge in [-0.25, -0.2) is 0 Å². The molecule has 0 saturated heterocycles. The van der Waals surface area contributed by atoms with Crippen molar-refractivity contribution in [3.05, 3.63) is 24.3 Å². The third-order valence-electron chi connectivity index (χ3n) is 4.42. The second-order valence-electron chi connectivity index (χ2n) is 6.24. The van der Waals surface area contributed by atoms with Crippen molar-refractivity contribution in [1.82, 2.24) is 0 Å². The molecule has 0 aromatic heterocycles. The van der Waals surface area contributed by atoms with E-state index in [-0.39, 0.29) is 5.41 Å². The molecule has 20 heavy (non-hydrogen) atoms. The lowest BCUT2D eigenvalue weighted by molar-refractivity contribution is -0.118. The van der Waals surface area contributed by atoms with E-state index in [0.29, 0.717) is 5.92 Å². The van der Waals surface area contributed by atoms with Crippen LogP contribution in [0.5, 0.6) is 5.75 Å². The van der Waals surface area contributed by atoms with Crippen LogP contribution in [0.1, 0.15) is 32.6 Å². The van der Waals surface area contributed by atoms with Crippen molar-refractivity contribution in [2.24, 2.45) is 11.3 Å². The van der Waals surface area contributed by atoms with Gasteiger partial charge < -0.3 is 14.4 Å². The average molecular weight is 275 g/mol. The van der Waals surface area contributed by atoms with E-state index in [4.69, 9.17) is 4.74 Å². The highest BCUT2D eigenvalue weighted by molar-refractivity contribution is 5.62. The molecular weight excluding hydrogens is 250 g/mol. The van der Waals surface area contributed by atoms with E-state index >= 15 is 0 Å². The summed E-state index contributed by atoms with van der Waals surface area (Å²) in [6.45, 7) is 3.04. The summed E-state index contributed by atoms with van der Waals surface area (Å²) in [4.78, 5) is 13.8. The van der Waals surface area contributed by atoms with Crippen LogP contribution < -0.4 is 9.64 Å². The summed E-state index contributed by atoms with van der Waals surface area (Å²) in [5, 5.41) is 0. The van der Waals surface area contributed by atoms with Crippen LogP contribution in [0.15, 0.2) is 24.3 Å². The normalized spacial score (nSPS) is 26.1. The van der Waals surface area contributed by atoms with Gasteiger partial charge in [0.25, 0.3) is 0 Å². The molecule has 1 aromatic carbocycles. The van der Waals surface area contributed by atoms with E-state index in [9.17, 15) is 4.79 Å². The Balaban J connectivity index is 2.12. The Hall–Kier alpha value is -1.51. The quantitative estimate of drug-likeness (QED) is 0.770. The zero-order valence-electron chi connectivity index (χ0n) is 12.8. The van der Waals surface area contributed by atoms with Crippen LogP contribution in [-0.2, 0) is 4.79 Å². The third kappa shape index (κ3) is 3.33. The Labute approximate surface area is 121 Å². The Morgan fingerprint density at radius 2 is 2.30 bits per heavy atom. The van der Waals surface area contributed by atoms with Crippen LogP contribution in [0.2, 0.25) is 0 Å². The number of hydrogen-bond acceptors (Lipinski definition) is 3. The van der Waals surface area contributed by atoms with Gasteiger partial charge in [0.1, 0.15) is 12.0 Å². The maximum absolute atomic E-state index is 11.7. The highest BCUT2D eigenvalue weighted by atomic mass is 16.5. The van der Waals surface area contributed by atoms with E-state index in [1.165, 1.54) is 12.7 Å². The lowest BCUT2D eigenvalue weighted by Gasteiger charge is -2.39. The fraction of sp³-hybridized carbons (Fsp3) is 0.588. The largest absolute Gasteiger partial charge is 0.497 e. The lowest BCUT2D eigenvalue weighted by Crippen LogP contribution is -2.40. The predicted molar refractivity (Wildman–Crippen MR) is 82.4 cm³/mol. The molecule has 3 heteroatoms. The molecule has 0 spiro atoms. The predicted octanol–water partition coefficient (Wildman–Crippen LogP) is 3.53. The molecule has 2 atom stereocenters. The van der Waals surface area contributed by atoms with Gasteiger partial charge in [-0.15, -0.1) is 0 Å². The Bertz CT molecular complexity index is 460. The topological polar surface area (TPSA) is 29.5 Å². The van der Waals surface area contributed by atoms with Crippen molar-refractivity contribution >= 4 is 12.0 Å². The Morgan fingerprint density at radius 3 is 2.95 bits per heavy atom. The number of benzene rings is 1. The fourth-order valence-corrected chi connectivity index (χ4v) is 3.40. The number of methoxy groups -OCH3 is 1. The molecule has 0 N–H and O–H groups in total. The molecular formula is C17H25NO2. The maximum Gasteiger partial charge on any atom is 0.127 e. The van der Waals surface area contributed by atoms with E-state index in [2.05, 4.69) is 24.9 Å². The van der Waals surface area contributed by atoms with Crippen molar-refractivity contribution in [2.75, 3.05) is 25.6 Å². The van der Waals surface area contributed by atoms with Gasteiger partial charge in [-0.2, -0.15) is 0 Å². The molecule has 0 heterocycles. The Morgan fingerprint density at radius 1 is 1.50 bits per heavy atom. The highest BCUT2D eigenvalue weighted by Crippen LogP contribution is 2.39. The Kier molecular flexibility index (Phi) is 4.69. The second kappa shape index (κ2) is 6.29. The van der Waals surface area contributed by atoms with Crippen molar-refractivity contribution in [2.45, 2.75) is 32.6 Å². The number of carbonyl (C=O) groups is 1. The number of ether oxygens (including phenoxy) is 1. The maximum atomic E-state index is 11.7. The number of carbonyl (C=O) groups excluding carboxylic acids is 1. The standard InChI is InChI=1S/C17H25NO2/c1-14-6-5-9-17(11-14,13-19)12-18(2)15-7-4-8-16(10-15)20-3/h4,7-8,10,13-14H,5-6,9,11-12H2,1-3H3. The first kappa shape index (κ1) is 14.9. The molecule has 0 radical (unpaired) electrons. The summed E-state index contributed by atoms with van der Waals surface area (Å²) in [5.41, 5.74) is 0.916. The van der Waals surface area contributed by atoms with Crippen LogP contribution in [0.3, 0.4) is 0 Å². The molecule has 3 nitrogen and oxygen atoms in total. The van der Waals surface area contributed by atoms with E-state index in [0.717, 1.165) is 37.2 Å². The minimum atomic E-state index is -0.185. The number of hydrogen-bond donors (Lipinski definition) is 0. The van der Waals surface area contributed by atoms with Gasteiger partial charge in [0.15, 0.2) is 0 Å². The molecule has 1 aliphatic rings. The molecule has 1 aliphatic carbocycles. The molecule has 1 fully saturated rings. The molecule has 0 aliphatic heterocycles. The van der Waals surface area contributed by atoms with Gasteiger partial charge in [-0.1, -0.05) is 25.8 Å². The first-order valence-corrected chi connectivity index (χ1v) is 7.40. The molecule has 1 aromatic rings. The minimum absolute atomic E-state index is 0.185. The smallest absolute Gasteiger partial charge is 0.127 e. The zero-order chi connectivity index (χ0) is 14.6. The lowest BCUT2D eigenvalue weighted by atomic mass is 9.70. The summed E-state index contributed by atoms with van der Waals surface area (Å²) >= 11 is 0. The van der Waals surface area contributed by atoms with E-state index in [1.54, 1.807) is 7.11 Å². The van der Waals surface area contributed by atoms with Gasteiger partial charge in [0, 0.05) is 30.8 Å². The van der Waals surface area contributed by atoms with Crippen molar-refractivity contribution in [3.63, 3.8) is 0 Å². The average Bonchev–Trinajstić information content (AvgIpc) is 2.47. The highest BCUT2D eigenvalue weighted by Gasteiger charge is 2.35. The minimum Gasteiger partial charge on any atom is -0.497 e. The van der Waals surface area contributed by atoms with Crippen LogP contribution in [0, 0.1) is 11.3 Å². The molecule has 2 unspecified atom stereocenters. The van der Waals surface area contributed by atoms with Crippen LogP contribution in [0.25, 0.3) is 0 Å². The molecule has 2 rings (SSSR count). The van der Waals surface area contributed by atoms with Gasteiger partial charge in [0.2, 0.25) is 0 Å². The van der Waals surface area contributed by atoms with Gasteiger partial charge in [0.05, 0.1) is 7.11 Å². The van der Waals surface area contributed by atoms with Crippen LogP contribution >= 0.6 is 0 Å². The van der Waals surface area contributed by atoms with Crippen LogP contribution in [-0.4, -0.2) is 27.0 Å². The zero-order valence-corrected chi connectivity index (χ0v) is 12.8. The van der Waals surface area contributed by atoms with Crippen molar-refractivity contribution < 1.29 is 9.53 Å². The first-order chi connectivity index (χ1) is 9.58. The fourth-order valence-electron chi connectivity index (χ4n) is 3.40. The number of rotatable bonds is 5. The summed E-state index contributed by atoms with van der Waals surface area (Å²) in [5.74, 6) is 1.50. The van der Waals surface area contributed by atoms with Gasteiger partial charge >= 0.3 is 0 Å². The van der Waals surface area contributed by atoms with Gasteiger partial charge in [-0.05, 0) is 30.9 Å². The summed E-state index contributed by atoms with van der Waals surface area (Å²) in [7, 11) is 3.73. The van der Waals surface area contributed by atoms with Crippen LogP contribution in [0.4, 0.5) is 5.69 Å². The number of anilines is 1. The SMILES string of the molecule is COc1cccc(N(C)CC2(C=O)CCCC(C)C2)c1. The molecule has 110 valence electrons. The number of aldehydes is 1. The molecule has 0 bridgehead atoms. The van der Waals surface area contributed by atoms with E-state index < -0.39 is 0 Å². The van der Waals surface area contributed by atoms with Gasteiger partial charge in [-0.3, -0.25) is 0 Å². The monoisotopic (exact) mass is 275 g/mol. The number of nitrogens with zero attached hydrogens (tertiary/aromatic N) is 1.